The summed E-state index contributed by atoms with van der Waals surface area (Å²) in [7, 11) is 0. The molecule has 0 aromatic carbocycles. The molecule has 0 radical (unpaired) electrons. The van der Waals surface area contributed by atoms with E-state index >= 15 is 0 Å². The lowest BCUT2D eigenvalue weighted by molar-refractivity contribution is -0.156. The fourth-order valence-corrected chi connectivity index (χ4v) is 2.76. The molecule has 0 aromatic heterocycles. The number of hydrogen-bond acceptors (Lipinski definition) is 3. The van der Waals surface area contributed by atoms with Crippen LogP contribution in [-0.4, -0.2) is 17.9 Å². The van der Waals surface area contributed by atoms with E-state index in [0.717, 1.165) is 12.8 Å². The molecule has 1 rings (SSSR count). The largest absolute Gasteiger partial charge is 0.462 e. The number of esters is 1. The normalized spacial score (nSPS) is 28.2. The number of carbonyl (C=O) groups excluding carboxylic acids is 2. The van der Waals surface area contributed by atoms with Crippen molar-refractivity contribution >= 4 is 11.8 Å². The number of hydrogen-bond donors (Lipinski definition) is 0. The van der Waals surface area contributed by atoms with Crippen molar-refractivity contribution < 1.29 is 14.3 Å². The third-order valence-corrected chi connectivity index (χ3v) is 3.93. The predicted molar refractivity (Wildman–Crippen MR) is 71.1 cm³/mol. The van der Waals surface area contributed by atoms with Crippen LogP contribution in [-0.2, 0) is 14.3 Å². The molecule has 0 N–H and O–H groups in total. The molecule has 1 fully saturated rings. The maximum Gasteiger partial charge on any atom is 0.306 e. The summed E-state index contributed by atoms with van der Waals surface area (Å²) >= 11 is 0. The molecular formula is C15H26O3. The van der Waals surface area contributed by atoms with E-state index < -0.39 is 0 Å². The van der Waals surface area contributed by atoms with Gasteiger partial charge >= 0.3 is 5.97 Å². The van der Waals surface area contributed by atoms with Gasteiger partial charge < -0.3 is 9.53 Å². The molecule has 3 atom stereocenters. The second-order valence-corrected chi connectivity index (χ2v) is 6.06. The lowest BCUT2D eigenvalue weighted by Crippen LogP contribution is -2.35. The number of ketones is 1. The van der Waals surface area contributed by atoms with Gasteiger partial charge in [0, 0.05) is 6.42 Å². The Bertz CT molecular complexity index is 296. The summed E-state index contributed by atoms with van der Waals surface area (Å²) in [5.41, 5.74) is 0. The maximum atomic E-state index is 11.7. The highest BCUT2D eigenvalue weighted by molar-refractivity contribution is 5.81. The van der Waals surface area contributed by atoms with Gasteiger partial charge in [0.25, 0.3) is 0 Å². The van der Waals surface area contributed by atoms with E-state index in [-0.39, 0.29) is 24.3 Å². The third-order valence-electron chi connectivity index (χ3n) is 3.93. The zero-order chi connectivity index (χ0) is 13.7. The van der Waals surface area contributed by atoms with E-state index in [1.54, 1.807) is 0 Å². The molecule has 0 heterocycles. The Hall–Kier alpha value is -0.860. The second-order valence-electron chi connectivity index (χ2n) is 6.06. The lowest BCUT2D eigenvalue weighted by atomic mass is 9.75. The maximum absolute atomic E-state index is 11.7. The third kappa shape index (κ3) is 4.79. The summed E-state index contributed by atoms with van der Waals surface area (Å²) < 4.78 is 5.59. The van der Waals surface area contributed by atoms with Crippen LogP contribution in [0.5, 0.6) is 0 Å². The van der Waals surface area contributed by atoms with Gasteiger partial charge in [-0.05, 0) is 37.5 Å². The molecule has 1 aliphatic rings. The van der Waals surface area contributed by atoms with E-state index in [1.165, 1.54) is 13.3 Å². The van der Waals surface area contributed by atoms with Gasteiger partial charge in [0.1, 0.15) is 11.9 Å². The Kier molecular flexibility index (Phi) is 5.83. The highest BCUT2D eigenvalue weighted by Crippen LogP contribution is 2.35. The van der Waals surface area contributed by atoms with E-state index in [9.17, 15) is 9.59 Å². The van der Waals surface area contributed by atoms with E-state index in [4.69, 9.17) is 4.74 Å². The van der Waals surface area contributed by atoms with Crippen LogP contribution in [0.15, 0.2) is 0 Å². The predicted octanol–water partition coefficient (Wildman–Crippen LogP) is 3.36. The summed E-state index contributed by atoms with van der Waals surface area (Å²) in [5, 5.41) is 0. The van der Waals surface area contributed by atoms with Gasteiger partial charge in [0.05, 0.1) is 6.42 Å². The van der Waals surface area contributed by atoms with Crippen LogP contribution >= 0.6 is 0 Å². The van der Waals surface area contributed by atoms with Gasteiger partial charge in [-0.25, -0.2) is 0 Å². The molecule has 0 amide bonds. The average Bonchev–Trinajstić information content (AvgIpc) is 2.26. The molecule has 3 nitrogen and oxygen atoms in total. The molecule has 0 saturated heterocycles. The van der Waals surface area contributed by atoms with Crippen molar-refractivity contribution in [2.45, 2.75) is 65.9 Å². The van der Waals surface area contributed by atoms with Crippen molar-refractivity contribution in [3.63, 3.8) is 0 Å². The number of Topliss-reactive ketones (excluding diaryl/α,β-unsaturated/α-hetero) is 1. The van der Waals surface area contributed by atoms with Crippen LogP contribution in [0.2, 0.25) is 0 Å². The number of rotatable bonds is 5. The monoisotopic (exact) mass is 254 g/mol. The van der Waals surface area contributed by atoms with Crippen molar-refractivity contribution in [1.29, 1.82) is 0 Å². The Morgan fingerprint density at radius 2 is 1.89 bits per heavy atom. The second kappa shape index (κ2) is 6.91. The number of ether oxygens (including phenoxy) is 1. The average molecular weight is 254 g/mol. The molecule has 1 saturated carbocycles. The minimum atomic E-state index is -0.213. The van der Waals surface area contributed by atoms with Gasteiger partial charge in [-0.1, -0.05) is 27.2 Å². The Morgan fingerprint density at radius 3 is 2.44 bits per heavy atom. The molecular weight excluding hydrogens is 228 g/mol. The molecule has 0 unspecified atom stereocenters. The van der Waals surface area contributed by atoms with Crippen LogP contribution < -0.4 is 0 Å². The van der Waals surface area contributed by atoms with Gasteiger partial charge in [0.15, 0.2) is 0 Å². The van der Waals surface area contributed by atoms with Gasteiger partial charge in [-0.3, -0.25) is 4.79 Å². The van der Waals surface area contributed by atoms with Crippen molar-refractivity contribution in [3.8, 4) is 0 Å². The first-order chi connectivity index (χ1) is 8.40. The first-order valence-corrected chi connectivity index (χ1v) is 7.09. The Morgan fingerprint density at radius 1 is 1.22 bits per heavy atom. The quantitative estimate of drug-likeness (QED) is 0.707. The van der Waals surface area contributed by atoms with Gasteiger partial charge in [0.2, 0.25) is 0 Å². The van der Waals surface area contributed by atoms with Crippen LogP contribution in [0.3, 0.4) is 0 Å². The fraction of sp³-hybridized carbons (Fsp3) is 0.867. The van der Waals surface area contributed by atoms with Crippen LogP contribution in [0.1, 0.15) is 59.8 Å². The van der Waals surface area contributed by atoms with Crippen molar-refractivity contribution in [1.82, 2.24) is 0 Å². The summed E-state index contributed by atoms with van der Waals surface area (Å²) in [6.07, 6.45) is 3.91. The first-order valence-electron chi connectivity index (χ1n) is 7.09. The molecule has 18 heavy (non-hydrogen) atoms. The summed E-state index contributed by atoms with van der Waals surface area (Å²) in [4.78, 5) is 22.6. The van der Waals surface area contributed by atoms with Crippen LogP contribution in [0, 0.1) is 17.8 Å². The standard InChI is InChI=1S/C15H26O3/c1-10(2)13-7-5-11(3)9-14(13)18-15(17)8-6-12(4)16/h10-11,13-14H,5-9H2,1-4H3/t11-,13+,14-/m1/s1. The zero-order valence-corrected chi connectivity index (χ0v) is 12.1. The molecule has 0 aromatic rings. The van der Waals surface area contributed by atoms with Crippen molar-refractivity contribution in [2.75, 3.05) is 0 Å². The molecule has 0 spiro atoms. The van der Waals surface area contributed by atoms with Crippen molar-refractivity contribution in [3.05, 3.63) is 0 Å². The van der Waals surface area contributed by atoms with E-state index in [1.807, 2.05) is 0 Å². The molecule has 104 valence electrons. The first kappa shape index (κ1) is 15.2. The smallest absolute Gasteiger partial charge is 0.306 e. The minimum absolute atomic E-state index is 0.0457. The summed E-state index contributed by atoms with van der Waals surface area (Å²) in [5.74, 6) is 1.48. The highest BCUT2D eigenvalue weighted by atomic mass is 16.5. The summed E-state index contributed by atoms with van der Waals surface area (Å²) in [6, 6.07) is 0. The van der Waals surface area contributed by atoms with Gasteiger partial charge in [-0.15, -0.1) is 0 Å². The highest BCUT2D eigenvalue weighted by Gasteiger charge is 2.33. The molecule has 0 aliphatic heterocycles. The molecule has 1 aliphatic carbocycles. The van der Waals surface area contributed by atoms with Crippen LogP contribution in [0.25, 0.3) is 0 Å². The minimum Gasteiger partial charge on any atom is -0.462 e. The topological polar surface area (TPSA) is 43.4 Å². The fourth-order valence-electron chi connectivity index (χ4n) is 2.76. The SMILES string of the molecule is CC(=O)CCC(=O)O[C@@H]1C[C@H](C)CC[C@H]1C(C)C. The summed E-state index contributed by atoms with van der Waals surface area (Å²) in [6.45, 7) is 8.11. The Labute approximate surface area is 110 Å². The van der Waals surface area contributed by atoms with E-state index in [2.05, 4.69) is 20.8 Å². The molecule has 0 bridgehead atoms. The van der Waals surface area contributed by atoms with Gasteiger partial charge in [-0.2, -0.15) is 0 Å². The zero-order valence-electron chi connectivity index (χ0n) is 12.1. The van der Waals surface area contributed by atoms with Crippen LogP contribution in [0.4, 0.5) is 0 Å². The lowest BCUT2D eigenvalue weighted by Gasteiger charge is -2.36. The number of carbonyl (C=O) groups is 2. The van der Waals surface area contributed by atoms with E-state index in [0.29, 0.717) is 24.2 Å². The Balaban J connectivity index is 2.49. The molecule has 3 heteroatoms. The van der Waals surface area contributed by atoms with Crippen molar-refractivity contribution in [2.24, 2.45) is 17.8 Å².